The number of carbonyl (C=O) groups excluding carboxylic acids is 1. The maximum atomic E-state index is 13.1. The Balaban J connectivity index is 1.89. The van der Waals surface area contributed by atoms with E-state index in [1.54, 1.807) is 0 Å². The summed E-state index contributed by atoms with van der Waals surface area (Å²) in [6, 6.07) is 11.1. The van der Waals surface area contributed by atoms with Crippen LogP contribution in [-0.2, 0) is 16.6 Å². The molecule has 8 nitrogen and oxygen atoms in total. The van der Waals surface area contributed by atoms with Gasteiger partial charge in [-0.05, 0) is 35.9 Å². The fraction of sp³-hybridized carbons (Fsp3) is 0.143. The average molecular weight is 445 g/mol. The summed E-state index contributed by atoms with van der Waals surface area (Å²) in [5.74, 6) is -0.345. The van der Waals surface area contributed by atoms with Crippen molar-refractivity contribution in [3.05, 3.63) is 77.9 Å². The van der Waals surface area contributed by atoms with Crippen LogP contribution in [0.15, 0.2) is 65.8 Å². The fourth-order valence-corrected chi connectivity index (χ4v) is 3.94. The molecule has 1 amide bonds. The molecule has 0 radical (unpaired) electrons. The van der Waals surface area contributed by atoms with E-state index in [0.717, 1.165) is 0 Å². The molecule has 0 saturated carbocycles. The summed E-state index contributed by atoms with van der Waals surface area (Å²) in [5, 5.41) is 2.64. The number of ether oxygens (including phenoxy) is 2. The molecule has 0 aliphatic heterocycles. The fourth-order valence-electron chi connectivity index (χ4n) is 2.72. The van der Waals surface area contributed by atoms with Gasteiger partial charge < -0.3 is 14.8 Å². The van der Waals surface area contributed by atoms with E-state index in [1.165, 1.54) is 75.1 Å². The van der Waals surface area contributed by atoms with Gasteiger partial charge in [-0.2, -0.15) is 0 Å². The van der Waals surface area contributed by atoms with Gasteiger partial charge in [0.2, 0.25) is 0 Å². The number of rotatable bonds is 8. The van der Waals surface area contributed by atoms with Gasteiger partial charge in [0.15, 0.2) is 0 Å². The largest absolute Gasteiger partial charge is 0.497 e. The van der Waals surface area contributed by atoms with Crippen molar-refractivity contribution < 1.29 is 27.1 Å². The number of pyridine rings is 1. The van der Waals surface area contributed by atoms with Crippen LogP contribution in [0.2, 0.25) is 0 Å². The molecule has 0 spiro atoms. The number of hydrogen-bond donors (Lipinski definition) is 2. The standard InChI is InChI=1S/C21H20FN3O5S/c1-29-17-7-8-20(31(27,28)25-16-9-18(30-2)13-23-12-16)19(10-17)21(26)24-11-14-3-5-15(22)6-4-14/h3-10,12-13,25H,11H2,1-2H3,(H,24,26). The van der Waals surface area contributed by atoms with Crippen LogP contribution in [0.1, 0.15) is 15.9 Å². The van der Waals surface area contributed by atoms with E-state index in [-0.39, 0.29) is 22.7 Å². The van der Waals surface area contributed by atoms with Crippen molar-refractivity contribution in [2.75, 3.05) is 18.9 Å². The Hall–Kier alpha value is -3.66. The Morgan fingerprint density at radius 2 is 1.71 bits per heavy atom. The van der Waals surface area contributed by atoms with Crippen LogP contribution in [0, 0.1) is 5.82 Å². The Morgan fingerprint density at radius 3 is 2.39 bits per heavy atom. The molecule has 1 heterocycles. The van der Waals surface area contributed by atoms with E-state index >= 15 is 0 Å². The zero-order chi connectivity index (χ0) is 22.4. The highest BCUT2D eigenvalue weighted by Crippen LogP contribution is 2.25. The maximum absolute atomic E-state index is 13.1. The number of nitrogens with zero attached hydrogens (tertiary/aromatic N) is 1. The van der Waals surface area contributed by atoms with Crippen LogP contribution in [0.25, 0.3) is 0 Å². The predicted octanol–water partition coefficient (Wildman–Crippen LogP) is 2.97. The molecule has 0 aliphatic rings. The number of nitrogens with one attached hydrogen (secondary N) is 2. The van der Waals surface area contributed by atoms with Gasteiger partial charge in [0, 0.05) is 12.6 Å². The lowest BCUT2D eigenvalue weighted by atomic mass is 10.2. The molecule has 0 aliphatic carbocycles. The highest BCUT2D eigenvalue weighted by Gasteiger charge is 2.24. The van der Waals surface area contributed by atoms with Gasteiger partial charge in [0.05, 0.1) is 37.9 Å². The highest BCUT2D eigenvalue weighted by molar-refractivity contribution is 7.92. The van der Waals surface area contributed by atoms with Crippen LogP contribution < -0.4 is 19.5 Å². The molecule has 0 atom stereocenters. The third kappa shape index (κ3) is 5.48. The Bertz CT molecular complexity index is 1180. The SMILES string of the molecule is COc1cncc(NS(=O)(=O)c2ccc(OC)cc2C(=O)NCc2ccc(F)cc2)c1. The van der Waals surface area contributed by atoms with E-state index in [1.807, 2.05) is 0 Å². The minimum Gasteiger partial charge on any atom is -0.497 e. The Kier molecular flexibility index (Phi) is 6.71. The molecule has 0 unspecified atom stereocenters. The van der Waals surface area contributed by atoms with Crippen LogP contribution in [0.4, 0.5) is 10.1 Å². The van der Waals surface area contributed by atoms with Crippen molar-refractivity contribution in [2.24, 2.45) is 0 Å². The zero-order valence-electron chi connectivity index (χ0n) is 16.8. The molecule has 1 aromatic heterocycles. The second kappa shape index (κ2) is 9.43. The summed E-state index contributed by atoms with van der Waals surface area (Å²) in [7, 11) is -1.30. The summed E-state index contributed by atoms with van der Waals surface area (Å²) in [4.78, 5) is 16.5. The quantitative estimate of drug-likeness (QED) is 0.552. The summed E-state index contributed by atoms with van der Waals surface area (Å²) in [6.45, 7) is 0.0864. The molecule has 0 saturated heterocycles. The number of carbonyl (C=O) groups is 1. The van der Waals surface area contributed by atoms with Gasteiger partial charge in [-0.25, -0.2) is 12.8 Å². The molecule has 0 fully saturated rings. The Morgan fingerprint density at radius 1 is 1.00 bits per heavy atom. The number of hydrogen-bond acceptors (Lipinski definition) is 6. The zero-order valence-corrected chi connectivity index (χ0v) is 17.6. The van der Waals surface area contributed by atoms with Gasteiger partial charge in [-0.3, -0.25) is 14.5 Å². The number of amides is 1. The maximum Gasteiger partial charge on any atom is 0.262 e. The first-order valence-electron chi connectivity index (χ1n) is 9.05. The normalized spacial score (nSPS) is 10.9. The molecule has 162 valence electrons. The van der Waals surface area contributed by atoms with Crippen molar-refractivity contribution in [1.29, 1.82) is 0 Å². The second-order valence-electron chi connectivity index (χ2n) is 6.39. The van der Waals surface area contributed by atoms with E-state index in [4.69, 9.17) is 9.47 Å². The number of halogens is 1. The lowest BCUT2D eigenvalue weighted by molar-refractivity contribution is 0.0947. The van der Waals surface area contributed by atoms with E-state index < -0.39 is 21.7 Å². The third-order valence-corrected chi connectivity index (χ3v) is 5.73. The number of methoxy groups -OCH3 is 2. The second-order valence-corrected chi connectivity index (χ2v) is 8.04. The number of anilines is 1. The highest BCUT2D eigenvalue weighted by atomic mass is 32.2. The molecule has 3 rings (SSSR count). The number of aromatic nitrogens is 1. The number of sulfonamides is 1. The molecule has 2 N–H and O–H groups in total. The summed E-state index contributed by atoms with van der Waals surface area (Å²) < 4.78 is 51.6. The first kappa shape index (κ1) is 22.0. The summed E-state index contributed by atoms with van der Waals surface area (Å²) in [5.41, 5.74) is 0.722. The summed E-state index contributed by atoms with van der Waals surface area (Å²) in [6.07, 6.45) is 2.75. The van der Waals surface area contributed by atoms with Crippen LogP contribution in [0.3, 0.4) is 0 Å². The molecular weight excluding hydrogens is 425 g/mol. The van der Waals surface area contributed by atoms with Crippen LogP contribution >= 0.6 is 0 Å². The van der Waals surface area contributed by atoms with Crippen molar-refractivity contribution in [2.45, 2.75) is 11.4 Å². The monoisotopic (exact) mass is 445 g/mol. The summed E-state index contributed by atoms with van der Waals surface area (Å²) >= 11 is 0. The minimum absolute atomic E-state index is 0.0864. The van der Waals surface area contributed by atoms with Gasteiger partial charge in [-0.15, -0.1) is 0 Å². The van der Waals surface area contributed by atoms with E-state index in [2.05, 4.69) is 15.0 Å². The van der Waals surface area contributed by atoms with Crippen molar-refractivity contribution in [3.8, 4) is 11.5 Å². The lowest BCUT2D eigenvalue weighted by Crippen LogP contribution is -2.26. The van der Waals surface area contributed by atoms with E-state index in [0.29, 0.717) is 17.1 Å². The van der Waals surface area contributed by atoms with Crippen molar-refractivity contribution >= 4 is 21.6 Å². The first-order chi connectivity index (χ1) is 14.8. The topological polar surface area (TPSA) is 107 Å². The lowest BCUT2D eigenvalue weighted by Gasteiger charge is -2.14. The van der Waals surface area contributed by atoms with Crippen molar-refractivity contribution in [3.63, 3.8) is 0 Å². The van der Waals surface area contributed by atoms with Gasteiger partial charge in [-0.1, -0.05) is 12.1 Å². The van der Waals surface area contributed by atoms with Crippen molar-refractivity contribution in [1.82, 2.24) is 10.3 Å². The van der Waals surface area contributed by atoms with Gasteiger partial charge >= 0.3 is 0 Å². The predicted molar refractivity (Wildman–Crippen MR) is 112 cm³/mol. The molecule has 2 aromatic carbocycles. The molecule has 10 heteroatoms. The average Bonchev–Trinajstić information content (AvgIpc) is 2.77. The van der Waals surface area contributed by atoms with E-state index in [9.17, 15) is 17.6 Å². The first-order valence-corrected chi connectivity index (χ1v) is 10.5. The number of benzene rings is 2. The van der Waals surface area contributed by atoms with Crippen LogP contribution in [-0.4, -0.2) is 33.5 Å². The molecule has 3 aromatic rings. The molecule has 0 bridgehead atoms. The minimum atomic E-state index is -4.14. The third-order valence-electron chi connectivity index (χ3n) is 4.29. The smallest absolute Gasteiger partial charge is 0.262 e. The Labute approximate surface area is 179 Å². The molecule has 31 heavy (non-hydrogen) atoms. The molecular formula is C21H20FN3O5S. The van der Waals surface area contributed by atoms with Gasteiger partial charge in [0.25, 0.3) is 15.9 Å². The van der Waals surface area contributed by atoms with Gasteiger partial charge in [0.1, 0.15) is 22.2 Å². The van der Waals surface area contributed by atoms with Crippen LogP contribution in [0.5, 0.6) is 11.5 Å².